The summed E-state index contributed by atoms with van der Waals surface area (Å²) in [5, 5.41) is 14.5. The van der Waals surface area contributed by atoms with Crippen LogP contribution < -0.4 is 10.1 Å². The number of anilines is 1. The zero-order valence-corrected chi connectivity index (χ0v) is 15.8. The van der Waals surface area contributed by atoms with Gasteiger partial charge in [0.15, 0.2) is 5.13 Å². The van der Waals surface area contributed by atoms with Crippen molar-refractivity contribution in [2.24, 2.45) is 17.3 Å². The summed E-state index contributed by atoms with van der Waals surface area (Å²) in [6.07, 6.45) is 6.59. The lowest BCUT2D eigenvalue weighted by atomic mass is 9.47. The summed E-state index contributed by atoms with van der Waals surface area (Å²) in [5.74, 6) is 2.02. The van der Waals surface area contributed by atoms with Crippen molar-refractivity contribution < 1.29 is 14.6 Å². The van der Waals surface area contributed by atoms with Crippen LogP contribution in [0.15, 0.2) is 18.2 Å². The van der Waals surface area contributed by atoms with Gasteiger partial charge in [-0.1, -0.05) is 11.3 Å². The van der Waals surface area contributed by atoms with Crippen LogP contribution in [-0.2, 0) is 4.79 Å². The molecule has 6 heteroatoms. The van der Waals surface area contributed by atoms with Crippen LogP contribution in [0, 0.1) is 17.3 Å². The largest absolute Gasteiger partial charge is 0.497 e. The lowest BCUT2D eigenvalue weighted by Crippen LogP contribution is -2.56. The fourth-order valence-electron chi connectivity index (χ4n) is 6.20. The molecule has 138 valence electrons. The number of carbonyl (C=O) groups excluding carboxylic acids is 1. The Morgan fingerprint density at radius 2 is 2.12 bits per heavy atom. The van der Waals surface area contributed by atoms with E-state index in [9.17, 15) is 9.90 Å². The second kappa shape index (κ2) is 5.67. The highest BCUT2D eigenvalue weighted by molar-refractivity contribution is 7.22. The highest BCUT2D eigenvalue weighted by Crippen LogP contribution is 2.62. The maximum absolute atomic E-state index is 12.8. The lowest BCUT2D eigenvalue weighted by Gasteiger charge is -2.60. The number of hydrogen-bond acceptors (Lipinski definition) is 5. The molecule has 0 spiro atoms. The SMILES string of the molecule is COc1ccc2nc(NC(=O)CC34C[C@H]5C[C@@H](CC(O)(C5)C3)C4)sc2c1. The first kappa shape index (κ1) is 16.5. The number of amides is 1. The van der Waals surface area contributed by atoms with Gasteiger partial charge in [-0.3, -0.25) is 4.79 Å². The third kappa shape index (κ3) is 2.79. The topological polar surface area (TPSA) is 71.5 Å². The van der Waals surface area contributed by atoms with Crippen LogP contribution in [0.25, 0.3) is 10.2 Å². The summed E-state index contributed by atoms with van der Waals surface area (Å²) in [7, 11) is 1.64. The molecule has 5 nitrogen and oxygen atoms in total. The van der Waals surface area contributed by atoms with Gasteiger partial charge in [-0.05, 0) is 74.0 Å². The van der Waals surface area contributed by atoms with Gasteiger partial charge in [0.25, 0.3) is 0 Å². The minimum absolute atomic E-state index is 0.0111. The van der Waals surface area contributed by atoms with E-state index in [1.807, 2.05) is 18.2 Å². The number of carbonyl (C=O) groups is 1. The van der Waals surface area contributed by atoms with E-state index in [0.717, 1.165) is 48.1 Å². The molecule has 1 amide bonds. The number of methoxy groups -OCH3 is 1. The number of benzene rings is 1. The summed E-state index contributed by atoms with van der Waals surface area (Å²) < 4.78 is 6.25. The van der Waals surface area contributed by atoms with Gasteiger partial charge < -0.3 is 15.2 Å². The van der Waals surface area contributed by atoms with Crippen LogP contribution in [0.2, 0.25) is 0 Å². The number of aromatic nitrogens is 1. The molecule has 4 bridgehead atoms. The second-order valence-corrected chi connectivity index (χ2v) is 9.79. The molecule has 26 heavy (non-hydrogen) atoms. The molecule has 4 saturated carbocycles. The van der Waals surface area contributed by atoms with E-state index in [-0.39, 0.29) is 11.3 Å². The molecule has 1 aromatic heterocycles. The Morgan fingerprint density at radius 1 is 1.35 bits per heavy atom. The molecule has 2 aromatic rings. The predicted molar refractivity (Wildman–Crippen MR) is 101 cm³/mol. The Kier molecular flexibility index (Phi) is 3.60. The lowest BCUT2D eigenvalue weighted by molar-refractivity contribution is -0.167. The molecule has 0 aliphatic heterocycles. The molecule has 4 fully saturated rings. The average Bonchev–Trinajstić information content (AvgIpc) is 2.92. The average molecular weight is 372 g/mol. The van der Waals surface area contributed by atoms with E-state index >= 15 is 0 Å². The molecule has 4 aliphatic rings. The van der Waals surface area contributed by atoms with Crippen molar-refractivity contribution in [2.75, 3.05) is 12.4 Å². The van der Waals surface area contributed by atoms with E-state index in [1.54, 1.807) is 7.11 Å². The van der Waals surface area contributed by atoms with Crippen molar-refractivity contribution in [1.82, 2.24) is 4.98 Å². The van der Waals surface area contributed by atoms with E-state index in [1.165, 1.54) is 17.8 Å². The molecule has 6 rings (SSSR count). The van der Waals surface area contributed by atoms with Gasteiger partial charge >= 0.3 is 0 Å². The minimum Gasteiger partial charge on any atom is -0.497 e. The summed E-state index contributed by atoms with van der Waals surface area (Å²) in [4.78, 5) is 17.3. The Bertz CT molecular complexity index is 863. The standard InChI is InChI=1S/C20H24N2O3S/c1-25-14-2-3-15-16(5-14)26-18(21-15)22-17(23)10-19-6-12-4-13(7-19)9-20(24,8-12)11-19/h2-3,5,12-13,24H,4,6-11H2,1H3,(H,21,22,23)/t12-,13-,19?,20?/m1/s1. The molecule has 1 aromatic carbocycles. The highest BCUT2D eigenvalue weighted by Gasteiger charge is 2.57. The summed E-state index contributed by atoms with van der Waals surface area (Å²) in [6, 6.07) is 5.73. The monoisotopic (exact) mass is 372 g/mol. The number of aliphatic hydroxyl groups is 1. The fraction of sp³-hybridized carbons (Fsp3) is 0.600. The molecule has 0 radical (unpaired) electrons. The van der Waals surface area contributed by atoms with Crippen LogP contribution in [0.3, 0.4) is 0 Å². The van der Waals surface area contributed by atoms with E-state index < -0.39 is 5.60 Å². The Morgan fingerprint density at radius 3 is 2.81 bits per heavy atom. The maximum atomic E-state index is 12.8. The molecule has 2 N–H and O–H groups in total. The van der Waals surface area contributed by atoms with Gasteiger partial charge in [0.1, 0.15) is 5.75 Å². The maximum Gasteiger partial charge on any atom is 0.226 e. The minimum atomic E-state index is -0.517. The Hall–Kier alpha value is -1.66. The van der Waals surface area contributed by atoms with Crippen molar-refractivity contribution in [3.05, 3.63) is 18.2 Å². The van der Waals surface area contributed by atoms with Gasteiger partial charge in [0.05, 0.1) is 22.9 Å². The molecular formula is C20H24N2O3S. The van der Waals surface area contributed by atoms with E-state index in [2.05, 4.69) is 10.3 Å². The normalized spacial score (nSPS) is 35.0. The third-order valence-electron chi connectivity index (χ3n) is 6.53. The van der Waals surface area contributed by atoms with Gasteiger partial charge in [0.2, 0.25) is 5.91 Å². The number of hydrogen-bond donors (Lipinski definition) is 2. The quantitative estimate of drug-likeness (QED) is 0.852. The fourth-order valence-corrected chi connectivity index (χ4v) is 7.11. The van der Waals surface area contributed by atoms with Crippen LogP contribution in [-0.4, -0.2) is 28.7 Å². The van der Waals surface area contributed by atoms with Crippen molar-refractivity contribution in [2.45, 2.75) is 50.5 Å². The number of nitrogens with one attached hydrogen (secondary N) is 1. The molecular weight excluding hydrogens is 348 g/mol. The van der Waals surface area contributed by atoms with Gasteiger partial charge in [-0.2, -0.15) is 0 Å². The smallest absolute Gasteiger partial charge is 0.226 e. The van der Waals surface area contributed by atoms with Crippen molar-refractivity contribution in [1.29, 1.82) is 0 Å². The molecule has 0 saturated heterocycles. The molecule has 4 aliphatic carbocycles. The predicted octanol–water partition coefficient (Wildman–Crippen LogP) is 3.96. The molecule has 1 heterocycles. The highest BCUT2D eigenvalue weighted by atomic mass is 32.1. The van der Waals surface area contributed by atoms with E-state index in [0.29, 0.717) is 23.4 Å². The number of ether oxygens (including phenoxy) is 1. The molecule has 0 unspecified atom stereocenters. The van der Waals surface area contributed by atoms with Crippen molar-refractivity contribution in [3.8, 4) is 5.75 Å². The first-order valence-electron chi connectivity index (χ1n) is 9.41. The van der Waals surface area contributed by atoms with Crippen LogP contribution >= 0.6 is 11.3 Å². The Labute approximate surface area is 156 Å². The van der Waals surface area contributed by atoms with Crippen LogP contribution in [0.4, 0.5) is 5.13 Å². The summed E-state index contributed by atoms with van der Waals surface area (Å²) in [6.45, 7) is 0. The first-order valence-corrected chi connectivity index (χ1v) is 10.2. The van der Waals surface area contributed by atoms with Gasteiger partial charge in [-0.25, -0.2) is 4.98 Å². The summed E-state index contributed by atoms with van der Waals surface area (Å²) in [5.41, 5.74) is 0.342. The van der Waals surface area contributed by atoms with Gasteiger partial charge in [-0.15, -0.1) is 0 Å². The summed E-state index contributed by atoms with van der Waals surface area (Å²) >= 11 is 1.47. The number of nitrogens with zero attached hydrogens (tertiary/aromatic N) is 1. The second-order valence-electron chi connectivity index (χ2n) is 8.76. The third-order valence-corrected chi connectivity index (χ3v) is 7.46. The number of thiazole rings is 1. The number of rotatable bonds is 4. The Balaban J connectivity index is 1.32. The first-order chi connectivity index (χ1) is 12.4. The zero-order valence-electron chi connectivity index (χ0n) is 15.0. The van der Waals surface area contributed by atoms with Crippen LogP contribution in [0.1, 0.15) is 44.9 Å². The van der Waals surface area contributed by atoms with Crippen molar-refractivity contribution >= 4 is 32.6 Å². The van der Waals surface area contributed by atoms with E-state index in [4.69, 9.17) is 4.74 Å². The zero-order chi connectivity index (χ0) is 17.9. The van der Waals surface area contributed by atoms with Gasteiger partial charge in [0, 0.05) is 6.42 Å². The van der Waals surface area contributed by atoms with Crippen molar-refractivity contribution in [3.63, 3.8) is 0 Å². The van der Waals surface area contributed by atoms with Crippen LogP contribution in [0.5, 0.6) is 5.75 Å². The number of fused-ring (bicyclic) bond motifs is 1. The molecule has 2 atom stereocenters.